The lowest BCUT2D eigenvalue weighted by Crippen LogP contribution is -2.25. The Bertz CT molecular complexity index is 513. The van der Waals surface area contributed by atoms with E-state index < -0.39 is 0 Å². The Morgan fingerprint density at radius 2 is 2.20 bits per heavy atom. The normalized spacial score (nSPS) is 11.4. The maximum atomic E-state index is 12.0. The molecule has 0 N–H and O–H groups in total. The van der Waals surface area contributed by atoms with Crippen LogP contribution in [0, 0.1) is 0 Å². The average Bonchev–Trinajstić information content (AvgIpc) is 2.65. The van der Waals surface area contributed by atoms with Gasteiger partial charge < -0.3 is 9.47 Å². The van der Waals surface area contributed by atoms with Crippen molar-refractivity contribution in [3.05, 3.63) is 34.1 Å². The number of fused-ring (bicyclic) bond motifs is 1. The summed E-state index contributed by atoms with van der Waals surface area (Å²) < 4.78 is 2.84. The summed E-state index contributed by atoms with van der Waals surface area (Å²) in [4.78, 5) is 14.0. The molecule has 0 aliphatic carbocycles. The van der Waals surface area contributed by atoms with Crippen molar-refractivity contribution < 1.29 is 0 Å². The SMILES string of the molecule is CN(C)CCn1ccc2sccc2c1=O. The minimum absolute atomic E-state index is 0.121. The van der Waals surface area contributed by atoms with Gasteiger partial charge in [-0.05, 0) is 31.6 Å². The number of hydrogen-bond acceptors (Lipinski definition) is 3. The first-order valence-corrected chi connectivity index (χ1v) is 5.78. The van der Waals surface area contributed by atoms with E-state index in [-0.39, 0.29) is 5.56 Å². The zero-order valence-corrected chi connectivity index (χ0v) is 9.75. The molecule has 0 atom stereocenters. The van der Waals surface area contributed by atoms with Crippen LogP contribution in [0.25, 0.3) is 10.1 Å². The zero-order valence-electron chi connectivity index (χ0n) is 8.93. The summed E-state index contributed by atoms with van der Waals surface area (Å²) in [5.74, 6) is 0. The van der Waals surface area contributed by atoms with Crippen LogP contribution in [0.15, 0.2) is 28.5 Å². The van der Waals surface area contributed by atoms with E-state index >= 15 is 0 Å². The largest absolute Gasteiger partial charge is 0.314 e. The lowest BCUT2D eigenvalue weighted by Gasteiger charge is -2.10. The van der Waals surface area contributed by atoms with Gasteiger partial charge in [-0.1, -0.05) is 0 Å². The van der Waals surface area contributed by atoms with Crippen molar-refractivity contribution in [3.8, 4) is 0 Å². The van der Waals surface area contributed by atoms with Crippen LogP contribution in [0.3, 0.4) is 0 Å². The summed E-state index contributed by atoms with van der Waals surface area (Å²) in [7, 11) is 4.02. The summed E-state index contributed by atoms with van der Waals surface area (Å²) in [6.07, 6.45) is 1.88. The molecule has 0 fully saturated rings. The Balaban J connectivity index is 2.36. The Labute approximate surface area is 92.6 Å². The molecular formula is C11H14N2OS. The molecule has 2 aromatic heterocycles. The number of rotatable bonds is 3. The van der Waals surface area contributed by atoms with Gasteiger partial charge in [-0.15, -0.1) is 11.3 Å². The molecule has 0 amide bonds. The van der Waals surface area contributed by atoms with Crippen molar-refractivity contribution in [2.24, 2.45) is 0 Å². The van der Waals surface area contributed by atoms with E-state index in [1.807, 2.05) is 37.8 Å². The van der Waals surface area contributed by atoms with Gasteiger partial charge in [0.2, 0.25) is 0 Å². The molecule has 0 unspecified atom stereocenters. The second kappa shape index (κ2) is 4.16. The first-order chi connectivity index (χ1) is 7.18. The van der Waals surface area contributed by atoms with Gasteiger partial charge in [0.25, 0.3) is 5.56 Å². The molecule has 4 heteroatoms. The minimum Gasteiger partial charge on any atom is -0.314 e. The highest BCUT2D eigenvalue weighted by molar-refractivity contribution is 7.17. The number of thiophene rings is 1. The van der Waals surface area contributed by atoms with E-state index in [1.165, 1.54) is 0 Å². The molecular weight excluding hydrogens is 208 g/mol. The zero-order chi connectivity index (χ0) is 10.8. The number of pyridine rings is 1. The molecule has 2 heterocycles. The standard InChI is InChI=1S/C11H14N2OS/c1-12(2)6-7-13-5-3-10-9(11(13)14)4-8-15-10/h3-5,8H,6-7H2,1-2H3. The van der Waals surface area contributed by atoms with E-state index in [0.29, 0.717) is 0 Å². The van der Waals surface area contributed by atoms with Gasteiger partial charge in [-0.25, -0.2) is 0 Å². The van der Waals surface area contributed by atoms with Crippen LogP contribution in [0.1, 0.15) is 0 Å². The number of hydrogen-bond donors (Lipinski definition) is 0. The highest BCUT2D eigenvalue weighted by atomic mass is 32.1. The highest BCUT2D eigenvalue weighted by Crippen LogP contribution is 2.15. The van der Waals surface area contributed by atoms with Crippen LogP contribution < -0.4 is 5.56 Å². The van der Waals surface area contributed by atoms with Gasteiger partial charge in [-0.3, -0.25) is 4.79 Å². The van der Waals surface area contributed by atoms with Crippen molar-refractivity contribution in [1.29, 1.82) is 0 Å². The first-order valence-electron chi connectivity index (χ1n) is 4.90. The summed E-state index contributed by atoms with van der Waals surface area (Å²) in [6.45, 7) is 1.63. The predicted molar refractivity (Wildman–Crippen MR) is 64.6 cm³/mol. The van der Waals surface area contributed by atoms with Gasteiger partial charge in [0.1, 0.15) is 0 Å². The molecule has 80 valence electrons. The molecule has 0 aromatic carbocycles. The predicted octanol–water partition coefficient (Wildman–Crippen LogP) is 1.62. The highest BCUT2D eigenvalue weighted by Gasteiger charge is 2.03. The molecule has 0 saturated heterocycles. The van der Waals surface area contributed by atoms with Gasteiger partial charge in [-0.2, -0.15) is 0 Å². The third-order valence-corrected chi connectivity index (χ3v) is 3.26. The molecule has 0 spiro atoms. The van der Waals surface area contributed by atoms with E-state index in [9.17, 15) is 4.79 Å². The molecule has 3 nitrogen and oxygen atoms in total. The second-order valence-electron chi connectivity index (χ2n) is 3.82. The van der Waals surface area contributed by atoms with Gasteiger partial charge >= 0.3 is 0 Å². The fraction of sp³-hybridized carbons (Fsp3) is 0.364. The van der Waals surface area contributed by atoms with Crippen LogP contribution in [-0.2, 0) is 6.54 Å². The summed E-state index contributed by atoms with van der Waals surface area (Å²) in [5.41, 5.74) is 0.121. The number of aromatic nitrogens is 1. The Morgan fingerprint density at radius 1 is 1.40 bits per heavy atom. The molecule has 15 heavy (non-hydrogen) atoms. The van der Waals surface area contributed by atoms with Crippen molar-refractivity contribution in [3.63, 3.8) is 0 Å². The molecule has 0 aliphatic heterocycles. The fourth-order valence-electron chi connectivity index (χ4n) is 1.49. The first kappa shape index (κ1) is 10.4. The summed E-state index contributed by atoms with van der Waals surface area (Å²) >= 11 is 1.61. The molecule has 2 aromatic rings. The van der Waals surface area contributed by atoms with E-state index in [4.69, 9.17) is 0 Å². The van der Waals surface area contributed by atoms with Gasteiger partial charge in [0, 0.05) is 24.0 Å². The maximum Gasteiger partial charge on any atom is 0.259 e. The number of nitrogens with zero attached hydrogens (tertiary/aromatic N) is 2. The maximum absolute atomic E-state index is 12.0. The molecule has 0 aliphatic rings. The molecule has 0 bridgehead atoms. The van der Waals surface area contributed by atoms with Gasteiger partial charge in [0.15, 0.2) is 0 Å². The van der Waals surface area contributed by atoms with Crippen LogP contribution in [0.2, 0.25) is 0 Å². The van der Waals surface area contributed by atoms with E-state index in [0.717, 1.165) is 23.2 Å². The average molecular weight is 222 g/mol. The number of likely N-dealkylation sites (N-methyl/N-ethyl adjacent to an activating group) is 1. The molecule has 0 radical (unpaired) electrons. The third kappa shape index (κ3) is 2.11. The van der Waals surface area contributed by atoms with Gasteiger partial charge in [0.05, 0.1) is 5.39 Å². The minimum atomic E-state index is 0.121. The van der Waals surface area contributed by atoms with Crippen LogP contribution in [-0.4, -0.2) is 30.1 Å². The van der Waals surface area contributed by atoms with Crippen LogP contribution in [0.5, 0.6) is 0 Å². The quantitative estimate of drug-likeness (QED) is 0.788. The van der Waals surface area contributed by atoms with Crippen molar-refractivity contribution in [2.75, 3.05) is 20.6 Å². The summed E-state index contributed by atoms with van der Waals surface area (Å²) in [6, 6.07) is 3.91. The van der Waals surface area contributed by atoms with E-state index in [2.05, 4.69) is 4.90 Å². The van der Waals surface area contributed by atoms with Crippen LogP contribution >= 0.6 is 11.3 Å². The summed E-state index contributed by atoms with van der Waals surface area (Å²) in [5, 5.41) is 2.80. The smallest absolute Gasteiger partial charge is 0.259 e. The topological polar surface area (TPSA) is 25.2 Å². The van der Waals surface area contributed by atoms with E-state index in [1.54, 1.807) is 15.9 Å². The van der Waals surface area contributed by atoms with Crippen LogP contribution in [0.4, 0.5) is 0 Å². The van der Waals surface area contributed by atoms with Crippen molar-refractivity contribution in [1.82, 2.24) is 9.47 Å². The Kier molecular flexibility index (Phi) is 2.88. The van der Waals surface area contributed by atoms with Crippen molar-refractivity contribution in [2.45, 2.75) is 6.54 Å². The monoisotopic (exact) mass is 222 g/mol. The Morgan fingerprint density at radius 3 is 2.93 bits per heavy atom. The lowest BCUT2D eigenvalue weighted by atomic mass is 10.3. The molecule has 0 saturated carbocycles. The fourth-order valence-corrected chi connectivity index (χ4v) is 2.26. The molecule has 2 rings (SSSR count). The second-order valence-corrected chi connectivity index (χ2v) is 4.76. The lowest BCUT2D eigenvalue weighted by molar-refractivity contribution is 0.381. The van der Waals surface area contributed by atoms with Crippen molar-refractivity contribution >= 4 is 21.4 Å². The third-order valence-electron chi connectivity index (χ3n) is 2.38. The Hall–Kier alpha value is -1.13.